The number of carbonyl (C=O) groups excluding carboxylic acids is 1. The van der Waals surface area contributed by atoms with Crippen molar-refractivity contribution < 1.29 is 4.79 Å². The van der Waals surface area contributed by atoms with Gasteiger partial charge in [-0.15, -0.1) is 11.3 Å². The van der Waals surface area contributed by atoms with Crippen molar-refractivity contribution in [2.75, 3.05) is 18.9 Å². The number of aromatic nitrogens is 4. The number of fused-ring (bicyclic) bond motifs is 1. The van der Waals surface area contributed by atoms with Gasteiger partial charge in [-0.3, -0.25) is 10.1 Å². The van der Waals surface area contributed by atoms with Gasteiger partial charge in [-0.1, -0.05) is 0 Å². The molecular weight excluding hydrogens is 324 g/mol. The van der Waals surface area contributed by atoms with Gasteiger partial charge in [0.15, 0.2) is 10.9 Å². The predicted molar refractivity (Wildman–Crippen MR) is 91.5 cm³/mol. The van der Waals surface area contributed by atoms with Crippen LogP contribution in [0.1, 0.15) is 20.9 Å². The van der Waals surface area contributed by atoms with Gasteiger partial charge in [0, 0.05) is 43.0 Å². The van der Waals surface area contributed by atoms with Crippen LogP contribution in [0, 0.1) is 0 Å². The van der Waals surface area contributed by atoms with E-state index in [1.807, 2.05) is 6.07 Å². The molecular formula is C16H16N6OS. The molecule has 1 aliphatic rings. The van der Waals surface area contributed by atoms with E-state index in [0.29, 0.717) is 16.5 Å². The predicted octanol–water partition coefficient (Wildman–Crippen LogP) is 1.96. The van der Waals surface area contributed by atoms with Crippen LogP contribution in [-0.4, -0.2) is 44.1 Å². The molecule has 4 rings (SSSR count). The van der Waals surface area contributed by atoms with E-state index in [9.17, 15) is 4.79 Å². The van der Waals surface area contributed by atoms with Crippen molar-refractivity contribution in [2.45, 2.75) is 13.0 Å². The van der Waals surface area contributed by atoms with Crippen LogP contribution >= 0.6 is 11.3 Å². The summed E-state index contributed by atoms with van der Waals surface area (Å²) < 4.78 is 1.65. The Morgan fingerprint density at radius 2 is 2.29 bits per heavy atom. The molecule has 0 spiro atoms. The Morgan fingerprint density at radius 1 is 1.38 bits per heavy atom. The highest BCUT2D eigenvalue weighted by Crippen LogP contribution is 2.27. The second-order valence-electron chi connectivity index (χ2n) is 5.69. The van der Waals surface area contributed by atoms with Crippen molar-refractivity contribution in [3.63, 3.8) is 0 Å². The zero-order chi connectivity index (χ0) is 16.5. The summed E-state index contributed by atoms with van der Waals surface area (Å²) in [7, 11) is 2.09. The van der Waals surface area contributed by atoms with E-state index in [4.69, 9.17) is 0 Å². The number of hydrogen-bond donors (Lipinski definition) is 1. The summed E-state index contributed by atoms with van der Waals surface area (Å²) in [5.41, 5.74) is 1.59. The SMILES string of the molecule is CN1CCc2nc(NC(=O)c3ccc(-n4cccn4)nc3)sc2C1. The molecule has 0 saturated heterocycles. The molecule has 0 aliphatic carbocycles. The topological polar surface area (TPSA) is 75.9 Å². The van der Waals surface area contributed by atoms with Crippen LogP contribution in [0.3, 0.4) is 0 Å². The highest BCUT2D eigenvalue weighted by Gasteiger charge is 2.19. The minimum absolute atomic E-state index is 0.200. The molecule has 1 aliphatic heterocycles. The second-order valence-corrected chi connectivity index (χ2v) is 6.77. The zero-order valence-electron chi connectivity index (χ0n) is 13.1. The summed E-state index contributed by atoms with van der Waals surface area (Å²) in [6.45, 7) is 1.89. The maximum absolute atomic E-state index is 12.4. The van der Waals surface area contributed by atoms with Gasteiger partial charge < -0.3 is 4.90 Å². The second kappa shape index (κ2) is 6.14. The summed E-state index contributed by atoms with van der Waals surface area (Å²) in [6, 6.07) is 5.33. The molecule has 1 amide bonds. The van der Waals surface area contributed by atoms with Gasteiger partial charge in [0.05, 0.1) is 11.3 Å². The summed E-state index contributed by atoms with van der Waals surface area (Å²) in [6.07, 6.45) is 5.97. The lowest BCUT2D eigenvalue weighted by Crippen LogP contribution is -2.25. The van der Waals surface area contributed by atoms with Gasteiger partial charge in [-0.05, 0) is 25.2 Å². The van der Waals surface area contributed by atoms with Gasteiger partial charge in [0.2, 0.25) is 0 Å². The summed E-state index contributed by atoms with van der Waals surface area (Å²) >= 11 is 1.54. The molecule has 4 heterocycles. The number of amides is 1. The standard InChI is InChI=1S/C16H16N6OS/c1-21-8-5-12-13(10-21)24-16(19-12)20-15(23)11-3-4-14(17-9-11)22-7-2-6-18-22/h2-4,6-7,9H,5,8,10H2,1H3,(H,19,20,23). The van der Waals surface area contributed by atoms with Gasteiger partial charge in [0.25, 0.3) is 5.91 Å². The smallest absolute Gasteiger partial charge is 0.259 e. The molecule has 0 fully saturated rings. The molecule has 0 unspecified atom stereocenters. The fraction of sp³-hybridized carbons (Fsp3) is 0.250. The number of likely N-dealkylation sites (N-methyl/N-ethyl adjacent to an activating group) is 1. The van der Waals surface area contributed by atoms with Crippen molar-refractivity contribution in [2.24, 2.45) is 0 Å². The highest BCUT2D eigenvalue weighted by molar-refractivity contribution is 7.15. The first-order chi connectivity index (χ1) is 11.7. The molecule has 3 aromatic rings. The lowest BCUT2D eigenvalue weighted by atomic mass is 10.2. The van der Waals surface area contributed by atoms with Gasteiger partial charge in [-0.25, -0.2) is 14.6 Å². The van der Waals surface area contributed by atoms with Crippen LogP contribution in [0.25, 0.3) is 5.82 Å². The van der Waals surface area contributed by atoms with Crippen LogP contribution in [0.15, 0.2) is 36.8 Å². The van der Waals surface area contributed by atoms with E-state index in [2.05, 4.69) is 32.3 Å². The molecule has 1 N–H and O–H groups in total. The average Bonchev–Trinajstić information content (AvgIpc) is 3.23. The first kappa shape index (κ1) is 15.0. The van der Waals surface area contributed by atoms with E-state index in [-0.39, 0.29) is 5.91 Å². The van der Waals surface area contributed by atoms with Crippen LogP contribution < -0.4 is 5.32 Å². The molecule has 8 heteroatoms. The van der Waals surface area contributed by atoms with Crippen molar-refractivity contribution >= 4 is 22.4 Å². The first-order valence-corrected chi connectivity index (χ1v) is 8.45. The molecule has 24 heavy (non-hydrogen) atoms. The summed E-state index contributed by atoms with van der Waals surface area (Å²) in [5, 5.41) is 7.63. The van der Waals surface area contributed by atoms with E-state index in [0.717, 1.165) is 25.2 Å². The Kier molecular flexibility index (Phi) is 3.83. The Labute approximate surface area is 143 Å². The van der Waals surface area contributed by atoms with E-state index >= 15 is 0 Å². The monoisotopic (exact) mass is 340 g/mol. The molecule has 0 atom stereocenters. The fourth-order valence-electron chi connectivity index (χ4n) is 2.61. The number of rotatable bonds is 3. The van der Waals surface area contributed by atoms with Gasteiger partial charge in [0.1, 0.15) is 0 Å². The minimum atomic E-state index is -0.200. The molecule has 7 nitrogen and oxygen atoms in total. The van der Waals surface area contributed by atoms with Crippen molar-refractivity contribution in [1.29, 1.82) is 0 Å². The molecule has 0 aromatic carbocycles. The lowest BCUT2D eigenvalue weighted by molar-refractivity contribution is 0.102. The van der Waals surface area contributed by atoms with Gasteiger partial charge >= 0.3 is 0 Å². The van der Waals surface area contributed by atoms with E-state index in [1.165, 1.54) is 4.88 Å². The number of anilines is 1. The highest BCUT2D eigenvalue weighted by atomic mass is 32.1. The maximum Gasteiger partial charge on any atom is 0.259 e. The third kappa shape index (κ3) is 2.93. The fourth-order valence-corrected chi connectivity index (χ4v) is 3.69. The first-order valence-electron chi connectivity index (χ1n) is 7.63. The third-order valence-electron chi connectivity index (χ3n) is 3.89. The van der Waals surface area contributed by atoms with Crippen LogP contribution in [0.5, 0.6) is 0 Å². The largest absolute Gasteiger partial charge is 0.301 e. The molecule has 0 saturated carbocycles. The molecule has 3 aromatic heterocycles. The third-order valence-corrected chi connectivity index (χ3v) is 4.89. The number of thiazole rings is 1. The van der Waals surface area contributed by atoms with Crippen LogP contribution in [-0.2, 0) is 13.0 Å². The summed E-state index contributed by atoms with van der Waals surface area (Å²) in [5.74, 6) is 0.471. The minimum Gasteiger partial charge on any atom is -0.301 e. The number of carbonyl (C=O) groups is 1. The Balaban J connectivity index is 1.48. The van der Waals surface area contributed by atoms with Crippen molar-refractivity contribution in [1.82, 2.24) is 24.6 Å². The Hall–Kier alpha value is -2.58. The van der Waals surface area contributed by atoms with Crippen LogP contribution in [0.2, 0.25) is 0 Å². The van der Waals surface area contributed by atoms with E-state index < -0.39 is 0 Å². The van der Waals surface area contributed by atoms with Crippen LogP contribution in [0.4, 0.5) is 5.13 Å². The molecule has 0 radical (unpaired) electrons. The quantitative estimate of drug-likeness (QED) is 0.789. The normalized spacial score (nSPS) is 14.4. The Bertz CT molecular complexity index is 855. The number of hydrogen-bond acceptors (Lipinski definition) is 6. The van der Waals surface area contributed by atoms with Crippen molar-refractivity contribution in [3.8, 4) is 5.82 Å². The average molecular weight is 340 g/mol. The maximum atomic E-state index is 12.4. The van der Waals surface area contributed by atoms with E-state index in [1.54, 1.807) is 46.7 Å². The zero-order valence-corrected chi connectivity index (χ0v) is 14.0. The molecule has 122 valence electrons. The number of nitrogens with one attached hydrogen (secondary N) is 1. The van der Waals surface area contributed by atoms with Gasteiger partial charge in [-0.2, -0.15) is 5.10 Å². The lowest BCUT2D eigenvalue weighted by Gasteiger charge is -2.20. The Morgan fingerprint density at radius 3 is 3.04 bits per heavy atom. The number of pyridine rings is 1. The number of nitrogens with zero attached hydrogens (tertiary/aromatic N) is 5. The van der Waals surface area contributed by atoms with Crippen molar-refractivity contribution in [3.05, 3.63) is 52.9 Å². The molecule has 0 bridgehead atoms. The summed E-state index contributed by atoms with van der Waals surface area (Å²) in [4.78, 5) is 24.7.